The van der Waals surface area contributed by atoms with Crippen LogP contribution in [0, 0.1) is 17.1 Å². The minimum Gasteiger partial charge on any atom is -0.340 e. The predicted molar refractivity (Wildman–Crippen MR) is 63.7 cm³/mol. The van der Waals surface area contributed by atoms with Gasteiger partial charge in [0.15, 0.2) is 0 Å². The second kappa shape index (κ2) is 4.39. The van der Waals surface area contributed by atoms with Crippen LogP contribution < -0.4 is 5.73 Å². The number of likely N-dealkylation sites (N-methyl/N-ethyl adjacent to an activating group) is 1. The van der Waals surface area contributed by atoms with Crippen molar-refractivity contribution in [3.8, 4) is 6.07 Å². The number of hydrogen-bond acceptors (Lipinski definition) is 3. The summed E-state index contributed by atoms with van der Waals surface area (Å²) < 4.78 is 13.6. The fraction of sp³-hybridized carbons (Fsp3) is 0.385. The summed E-state index contributed by atoms with van der Waals surface area (Å²) in [5, 5.41) is 8.76. The van der Waals surface area contributed by atoms with Gasteiger partial charge in [0.25, 0.3) is 0 Å². The van der Waals surface area contributed by atoms with Gasteiger partial charge in [-0.3, -0.25) is 4.79 Å². The summed E-state index contributed by atoms with van der Waals surface area (Å²) in [7, 11) is 1.59. The van der Waals surface area contributed by atoms with Crippen molar-refractivity contribution in [2.75, 3.05) is 7.05 Å². The van der Waals surface area contributed by atoms with Gasteiger partial charge in [-0.1, -0.05) is 0 Å². The molecule has 0 radical (unpaired) electrons. The van der Waals surface area contributed by atoms with Crippen LogP contribution in [-0.2, 0) is 11.3 Å². The lowest BCUT2D eigenvalue weighted by Gasteiger charge is -2.21. The average molecular weight is 247 g/mol. The van der Waals surface area contributed by atoms with Crippen molar-refractivity contribution in [1.82, 2.24) is 4.90 Å². The molecule has 1 aliphatic rings. The van der Waals surface area contributed by atoms with E-state index in [2.05, 4.69) is 0 Å². The lowest BCUT2D eigenvalue weighted by Crippen LogP contribution is -2.43. The first-order chi connectivity index (χ1) is 8.46. The number of nitrogens with zero attached hydrogens (tertiary/aromatic N) is 2. The van der Waals surface area contributed by atoms with Crippen LogP contribution in [0.3, 0.4) is 0 Å². The van der Waals surface area contributed by atoms with Gasteiger partial charge in [0, 0.05) is 19.2 Å². The van der Waals surface area contributed by atoms with Gasteiger partial charge >= 0.3 is 0 Å². The third-order valence-corrected chi connectivity index (χ3v) is 3.14. The maximum Gasteiger partial charge on any atom is 0.242 e. The van der Waals surface area contributed by atoms with Gasteiger partial charge in [0.05, 0.1) is 17.2 Å². The molecular weight excluding hydrogens is 233 g/mol. The molecule has 0 unspecified atom stereocenters. The molecule has 0 aliphatic heterocycles. The van der Waals surface area contributed by atoms with Crippen LogP contribution in [0.4, 0.5) is 4.39 Å². The number of hydrogen-bond donors (Lipinski definition) is 1. The van der Waals surface area contributed by atoms with Crippen molar-refractivity contribution < 1.29 is 9.18 Å². The van der Waals surface area contributed by atoms with E-state index in [1.165, 1.54) is 23.1 Å². The maximum atomic E-state index is 13.6. The van der Waals surface area contributed by atoms with E-state index >= 15 is 0 Å². The predicted octanol–water partition coefficient (Wildman–Crippen LogP) is 1.15. The van der Waals surface area contributed by atoms with E-state index < -0.39 is 11.4 Å². The fourth-order valence-corrected chi connectivity index (χ4v) is 1.82. The van der Waals surface area contributed by atoms with E-state index in [0.717, 1.165) is 0 Å². The highest BCUT2D eigenvalue weighted by molar-refractivity contribution is 5.88. The van der Waals surface area contributed by atoms with Gasteiger partial charge in [-0.15, -0.1) is 0 Å². The molecule has 0 atom stereocenters. The van der Waals surface area contributed by atoms with Crippen molar-refractivity contribution in [2.45, 2.75) is 24.9 Å². The summed E-state index contributed by atoms with van der Waals surface area (Å²) in [6.07, 6.45) is 1.35. The highest BCUT2D eigenvalue weighted by Gasteiger charge is 2.47. The lowest BCUT2D eigenvalue weighted by atomic mass is 10.1. The largest absolute Gasteiger partial charge is 0.340 e. The Labute approximate surface area is 105 Å². The molecule has 0 spiro atoms. The minimum atomic E-state index is -0.752. The Morgan fingerprint density at radius 1 is 1.61 bits per heavy atom. The number of rotatable bonds is 3. The van der Waals surface area contributed by atoms with E-state index in [0.29, 0.717) is 24.0 Å². The lowest BCUT2D eigenvalue weighted by molar-refractivity contribution is -0.132. The summed E-state index contributed by atoms with van der Waals surface area (Å²) >= 11 is 0. The number of nitrogens with two attached hydrogens (primary N) is 1. The van der Waals surface area contributed by atoms with Crippen molar-refractivity contribution in [3.63, 3.8) is 0 Å². The number of nitriles is 1. The normalized spacial score (nSPS) is 15.9. The van der Waals surface area contributed by atoms with E-state index in [9.17, 15) is 9.18 Å². The Balaban J connectivity index is 2.14. The molecule has 1 aromatic rings. The number of carbonyl (C=O) groups is 1. The maximum absolute atomic E-state index is 13.6. The van der Waals surface area contributed by atoms with E-state index in [4.69, 9.17) is 11.0 Å². The van der Waals surface area contributed by atoms with E-state index in [1.807, 2.05) is 6.07 Å². The van der Waals surface area contributed by atoms with Gasteiger partial charge in [0.1, 0.15) is 5.82 Å². The first-order valence-corrected chi connectivity index (χ1v) is 5.69. The second-order valence-corrected chi connectivity index (χ2v) is 4.74. The molecule has 0 heterocycles. The van der Waals surface area contributed by atoms with Crippen LogP contribution in [0.15, 0.2) is 18.2 Å². The molecule has 2 N–H and O–H groups in total. The van der Waals surface area contributed by atoms with E-state index in [-0.39, 0.29) is 12.5 Å². The molecular formula is C13H14FN3O. The standard InChI is InChI=1S/C13H14FN3O/c1-17(12(18)13(16)4-5-13)8-10-6-9(7-15)2-3-11(10)14/h2-3,6H,4-5,8,16H2,1H3. The monoisotopic (exact) mass is 247 g/mol. The first-order valence-electron chi connectivity index (χ1n) is 5.69. The number of carbonyl (C=O) groups excluding carboxylic acids is 1. The molecule has 5 heteroatoms. The van der Waals surface area contributed by atoms with Crippen LogP contribution in [0.1, 0.15) is 24.0 Å². The summed E-state index contributed by atoms with van der Waals surface area (Å²) in [6.45, 7) is 0.124. The Morgan fingerprint density at radius 2 is 2.28 bits per heavy atom. The molecule has 1 aliphatic carbocycles. The van der Waals surface area contributed by atoms with Crippen LogP contribution in [0.25, 0.3) is 0 Å². The number of halogens is 1. The highest BCUT2D eigenvalue weighted by Crippen LogP contribution is 2.34. The van der Waals surface area contributed by atoms with Crippen molar-refractivity contribution in [2.24, 2.45) is 5.73 Å². The van der Waals surface area contributed by atoms with Gasteiger partial charge in [-0.2, -0.15) is 5.26 Å². The Kier molecular flexibility index (Phi) is 3.05. The molecule has 1 fully saturated rings. The summed E-state index contributed by atoms with van der Waals surface area (Å²) in [5.74, 6) is -0.597. The SMILES string of the molecule is CN(Cc1cc(C#N)ccc1F)C(=O)C1(N)CC1. The molecule has 18 heavy (non-hydrogen) atoms. The number of amides is 1. The molecule has 0 saturated heterocycles. The van der Waals surface area contributed by atoms with Gasteiger partial charge in [-0.05, 0) is 31.0 Å². The zero-order valence-corrected chi connectivity index (χ0v) is 10.1. The first kappa shape index (κ1) is 12.5. The summed E-state index contributed by atoms with van der Waals surface area (Å²) in [5.41, 5.74) is 5.75. The molecule has 2 rings (SSSR count). The highest BCUT2D eigenvalue weighted by atomic mass is 19.1. The van der Waals surface area contributed by atoms with Crippen molar-refractivity contribution in [1.29, 1.82) is 5.26 Å². The molecule has 0 bridgehead atoms. The minimum absolute atomic E-state index is 0.124. The Hall–Kier alpha value is -1.93. The van der Waals surface area contributed by atoms with Crippen LogP contribution >= 0.6 is 0 Å². The third kappa shape index (κ3) is 2.34. The van der Waals surface area contributed by atoms with Crippen LogP contribution in [0.2, 0.25) is 0 Å². The third-order valence-electron chi connectivity index (χ3n) is 3.14. The zero-order chi connectivity index (χ0) is 13.3. The number of benzene rings is 1. The van der Waals surface area contributed by atoms with E-state index in [1.54, 1.807) is 7.05 Å². The van der Waals surface area contributed by atoms with Gasteiger partial charge in [0.2, 0.25) is 5.91 Å². The molecule has 1 aromatic carbocycles. The van der Waals surface area contributed by atoms with Crippen LogP contribution in [-0.4, -0.2) is 23.4 Å². The fourth-order valence-electron chi connectivity index (χ4n) is 1.82. The molecule has 0 aromatic heterocycles. The topological polar surface area (TPSA) is 70.1 Å². The molecule has 4 nitrogen and oxygen atoms in total. The van der Waals surface area contributed by atoms with Gasteiger partial charge < -0.3 is 10.6 Å². The Bertz CT molecular complexity index is 532. The smallest absolute Gasteiger partial charge is 0.242 e. The van der Waals surface area contributed by atoms with Crippen LogP contribution in [0.5, 0.6) is 0 Å². The quantitative estimate of drug-likeness (QED) is 0.871. The van der Waals surface area contributed by atoms with Crippen molar-refractivity contribution in [3.05, 3.63) is 35.1 Å². The molecule has 1 saturated carbocycles. The zero-order valence-electron chi connectivity index (χ0n) is 10.1. The summed E-state index contributed by atoms with van der Waals surface area (Å²) in [6, 6.07) is 6.04. The second-order valence-electron chi connectivity index (χ2n) is 4.74. The molecule has 1 amide bonds. The van der Waals surface area contributed by atoms with Gasteiger partial charge in [-0.25, -0.2) is 4.39 Å². The molecule has 94 valence electrons. The average Bonchev–Trinajstić information content (AvgIpc) is 3.10. The van der Waals surface area contributed by atoms with Crippen molar-refractivity contribution >= 4 is 5.91 Å². The Morgan fingerprint density at radius 3 is 2.83 bits per heavy atom. The summed E-state index contributed by atoms with van der Waals surface area (Å²) in [4.78, 5) is 13.3.